The molecule has 0 amide bonds. The van der Waals surface area contributed by atoms with Crippen LogP contribution in [0.25, 0.3) is 0 Å². The van der Waals surface area contributed by atoms with Crippen molar-refractivity contribution < 1.29 is 0 Å². The van der Waals surface area contributed by atoms with E-state index >= 15 is 0 Å². The van der Waals surface area contributed by atoms with Gasteiger partial charge in [0, 0.05) is 24.3 Å². The molecule has 2 heterocycles. The van der Waals surface area contributed by atoms with Gasteiger partial charge in [-0.1, -0.05) is 35.0 Å². The van der Waals surface area contributed by atoms with E-state index in [1.54, 1.807) is 25.5 Å². The van der Waals surface area contributed by atoms with E-state index < -0.39 is 0 Å². The van der Waals surface area contributed by atoms with Crippen LogP contribution in [0, 0.1) is 0 Å². The summed E-state index contributed by atoms with van der Waals surface area (Å²) in [5.41, 5.74) is 0. The van der Waals surface area contributed by atoms with Crippen LogP contribution in [0.3, 0.4) is 0 Å². The summed E-state index contributed by atoms with van der Waals surface area (Å²) in [6.45, 7) is 0. The fourth-order valence-corrected chi connectivity index (χ4v) is 2.56. The quantitative estimate of drug-likeness (QED) is 0.926. The number of nitrogens with zero attached hydrogens (tertiary/aromatic N) is 2. The van der Waals surface area contributed by atoms with Gasteiger partial charge in [0.2, 0.25) is 0 Å². The average Bonchev–Trinajstić information content (AvgIpc) is 2.34. The second kappa shape index (κ2) is 5.58. The Morgan fingerprint density at radius 1 is 1.18 bits per heavy atom. The van der Waals surface area contributed by atoms with Gasteiger partial charge in [-0.15, -0.1) is 0 Å². The van der Waals surface area contributed by atoms with E-state index in [2.05, 4.69) is 15.3 Å². The number of halogens is 2. The second-order valence-corrected chi connectivity index (χ2v) is 5.02. The Morgan fingerprint density at radius 3 is 2.53 bits per heavy atom. The highest BCUT2D eigenvalue weighted by Crippen LogP contribution is 2.35. The van der Waals surface area contributed by atoms with Crippen LogP contribution in [0.2, 0.25) is 10.0 Å². The summed E-state index contributed by atoms with van der Waals surface area (Å²) in [6, 6.07) is 5.48. The third-order valence-electron chi connectivity index (χ3n) is 2.00. The summed E-state index contributed by atoms with van der Waals surface area (Å²) < 4.78 is 0. The smallest absolute Gasteiger partial charge is 0.146 e. The summed E-state index contributed by atoms with van der Waals surface area (Å²) in [6.07, 6.45) is 3.45. The van der Waals surface area contributed by atoms with Crippen molar-refractivity contribution in [1.82, 2.24) is 9.97 Å². The Morgan fingerprint density at radius 2 is 1.88 bits per heavy atom. The first kappa shape index (κ1) is 12.5. The number of pyridine rings is 2. The van der Waals surface area contributed by atoms with Crippen molar-refractivity contribution in [3.63, 3.8) is 0 Å². The molecule has 88 valence electrons. The fourth-order valence-electron chi connectivity index (χ4n) is 1.21. The molecule has 0 bridgehead atoms. The highest BCUT2D eigenvalue weighted by molar-refractivity contribution is 7.99. The van der Waals surface area contributed by atoms with E-state index in [-0.39, 0.29) is 0 Å². The first-order valence-corrected chi connectivity index (χ1v) is 6.39. The van der Waals surface area contributed by atoms with Gasteiger partial charge >= 0.3 is 0 Å². The topological polar surface area (TPSA) is 37.8 Å². The molecule has 0 atom stereocenters. The number of nitrogens with one attached hydrogen (secondary N) is 1. The van der Waals surface area contributed by atoms with E-state index in [0.717, 1.165) is 4.90 Å². The summed E-state index contributed by atoms with van der Waals surface area (Å²) in [5.74, 6) is 0.618. The van der Waals surface area contributed by atoms with Crippen LogP contribution in [0.15, 0.2) is 40.5 Å². The molecule has 2 aromatic heterocycles. The molecular weight excluding hydrogens is 277 g/mol. The fraction of sp³-hybridized carbons (Fsp3) is 0.0909. The van der Waals surface area contributed by atoms with Crippen molar-refractivity contribution in [3.8, 4) is 0 Å². The highest BCUT2D eigenvalue weighted by Gasteiger charge is 2.09. The van der Waals surface area contributed by atoms with Gasteiger partial charge in [-0.3, -0.25) is 4.98 Å². The molecular formula is C11H9Cl2N3S. The molecule has 0 aliphatic rings. The minimum Gasteiger partial charge on any atom is -0.372 e. The van der Waals surface area contributed by atoms with Gasteiger partial charge in [0.25, 0.3) is 0 Å². The number of hydrogen-bond acceptors (Lipinski definition) is 4. The predicted molar refractivity (Wildman–Crippen MR) is 72.2 cm³/mol. The van der Waals surface area contributed by atoms with E-state index in [0.29, 0.717) is 20.9 Å². The summed E-state index contributed by atoms with van der Waals surface area (Å²) >= 11 is 13.5. The van der Waals surface area contributed by atoms with Crippen LogP contribution in [-0.4, -0.2) is 17.0 Å². The summed E-state index contributed by atoms with van der Waals surface area (Å²) in [5, 5.41) is 4.68. The minimum atomic E-state index is 0.511. The van der Waals surface area contributed by atoms with Crippen molar-refractivity contribution >= 4 is 40.8 Å². The number of rotatable bonds is 3. The zero-order chi connectivity index (χ0) is 12.3. The van der Waals surface area contributed by atoms with Crippen molar-refractivity contribution in [2.24, 2.45) is 0 Å². The van der Waals surface area contributed by atoms with E-state index in [1.807, 2.05) is 12.1 Å². The van der Waals surface area contributed by atoms with Gasteiger partial charge in [0.15, 0.2) is 0 Å². The molecule has 0 aliphatic carbocycles. The van der Waals surface area contributed by atoms with Gasteiger partial charge in [-0.2, -0.15) is 0 Å². The van der Waals surface area contributed by atoms with Crippen LogP contribution < -0.4 is 5.32 Å². The van der Waals surface area contributed by atoms with Crippen LogP contribution in [-0.2, 0) is 0 Å². The van der Waals surface area contributed by atoms with Crippen molar-refractivity contribution in [2.75, 3.05) is 12.4 Å². The van der Waals surface area contributed by atoms with Gasteiger partial charge in [-0.05, 0) is 18.2 Å². The lowest BCUT2D eigenvalue weighted by atomic mass is 10.4. The minimum absolute atomic E-state index is 0.511. The Kier molecular flexibility index (Phi) is 4.10. The molecule has 0 aliphatic heterocycles. The maximum Gasteiger partial charge on any atom is 0.146 e. The van der Waals surface area contributed by atoms with Crippen molar-refractivity contribution in [2.45, 2.75) is 9.92 Å². The molecule has 0 unspecified atom stereocenters. The number of hydrogen-bond donors (Lipinski definition) is 1. The first-order valence-electron chi connectivity index (χ1n) is 4.82. The summed E-state index contributed by atoms with van der Waals surface area (Å²) in [4.78, 5) is 9.34. The molecule has 1 N–H and O–H groups in total. The third kappa shape index (κ3) is 3.03. The molecule has 0 saturated heterocycles. The Labute approximate surface area is 114 Å². The molecule has 0 radical (unpaired) electrons. The Balaban J connectivity index is 2.33. The van der Waals surface area contributed by atoms with Gasteiger partial charge in [0.1, 0.15) is 10.8 Å². The van der Waals surface area contributed by atoms with Crippen LogP contribution >= 0.6 is 35.0 Å². The molecule has 2 aromatic rings. The Bertz CT molecular complexity index is 520. The standard InChI is InChI=1S/C11H9Cl2N3S/c1-14-10-8(12)6-9(13)11(16-10)17-7-2-4-15-5-3-7/h2-6H,1H3,(H,14,16). The normalized spacial score (nSPS) is 10.3. The van der Waals surface area contributed by atoms with Gasteiger partial charge < -0.3 is 5.32 Å². The van der Waals surface area contributed by atoms with Crippen molar-refractivity contribution in [1.29, 1.82) is 0 Å². The van der Waals surface area contributed by atoms with Gasteiger partial charge in [0.05, 0.1) is 10.0 Å². The SMILES string of the molecule is CNc1nc(Sc2ccncc2)c(Cl)cc1Cl. The first-order chi connectivity index (χ1) is 8.20. The summed E-state index contributed by atoms with van der Waals surface area (Å²) in [7, 11) is 1.77. The largest absolute Gasteiger partial charge is 0.372 e. The van der Waals surface area contributed by atoms with Crippen LogP contribution in [0.1, 0.15) is 0 Å². The van der Waals surface area contributed by atoms with Crippen LogP contribution in [0.4, 0.5) is 5.82 Å². The monoisotopic (exact) mass is 285 g/mol. The zero-order valence-electron chi connectivity index (χ0n) is 8.95. The Hall–Kier alpha value is -0.970. The number of aromatic nitrogens is 2. The average molecular weight is 286 g/mol. The van der Waals surface area contributed by atoms with Crippen molar-refractivity contribution in [3.05, 3.63) is 40.6 Å². The molecule has 3 nitrogen and oxygen atoms in total. The maximum absolute atomic E-state index is 6.10. The van der Waals surface area contributed by atoms with Crippen LogP contribution in [0.5, 0.6) is 0 Å². The molecule has 0 saturated carbocycles. The zero-order valence-corrected chi connectivity index (χ0v) is 11.3. The highest BCUT2D eigenvalue weighted by atomic mass is 35.5. The third-order valence-corrected chi connectivity index (χ3v) is 3.70. The van der Waals surface area contributed by atoms with E-state index in [9.17, 15) is 0 Å². The predicted octanol–water partition coefficient (Wildman–Crippen LogP) is 3.98. The number of anilines is 1. The lowest BCUT2D eigenvalue weighted by molar-refractivity contribution is 1.12. The second-order valence-electron chi connectivity index (χ2n) is 3.14. The molecule has 6 heteroatoms. The molecule has 0 fully saturated rings. The molecule has 0 aromatic carbocycles. The van der Waals surface area contributed by atoms with E-state index in [1.165, 1.54) is 11.8 Å². The molecule has 0 spiro atoms. The molecule has 2 rings (SSSR count). The maximum atomic E-state index is 6.10. The van der Waals surface area contributed by atoms with Gasteiger partial charge in [-0.25, -0.2) is 4.98 Å². The molecule has 17 heavy (non-hydrogen) atoms. The lowest BCUT2D eigenvalue weighted by Gasteiger charge is -2.07. The van der Waals surface area contributed by atoms with E-state index in [4.69, 9.17) is 23.2 Å². The lowest BCUT2D eigenvalue weighted by Crippen LogP contribution is -1.95.